The Labute approximate surface area is 55.7 Å². The lowest BCUT2D eigenvalue weighted by Crippen LogP contribution is -1.95. The molecule has 0 bridgehead atoms. The Bertz CT molecular complexity index is 175. The van der Waals surface area contributed by atoms with E-state index >= 15 is 0 Å². The van der Waals surface area contributed by atoms with Crippen molar-refractivity contribution in [1.82, 2.24) is 0 Å². The second kappa shape index (κ2) is 2.26. The van der Waals surface area contributed by atoms with Crippen LogP contribution in [0.15, 0.2) is 23.0 Å². The summed E-state index contributed by atoms with van der Waals surface area (Å²) in [5.41, 5.74) is 2.15. The maximum Gasteiger partial charge on any atom is 0.117 e. The topological polar surface area (TPSA) is 20.2 Å². The summed E-state index contributed by atoms with van der Waals surface area (Å²) in [4.78, 5) is 0. The van der Waals surface area contributed by atoms with Crippen LogP contribution in [0.4, 0.5) is 0 Å². The van der Waals surface area contributed by atoms with E-state index in [9.17, 15) is 5.11 Å². The smallest absolute Gasteiger partial charge is 0.117 e. The van der Waals surface area contributed by atoms with Gasteiger partial charge in [0.05, 0.1) is 0 Å². The lowest BCUT2D eigenvalue weighted by molar-refractivity contribution is 0.410. The Balaban J connectivity index is 2.88. The average molecular weight is 124 g/mol. The van der Waals surface area contributed by atoms with E-state index in [4.69, 9.17) is 0 Å². The standard InChI is InChI=1S/C8H12O/c1-6-4-3-5-7(2)8(6)9/h4,9H,3,5H2,1-2H3. The van der Waals surface area contributed by atoms with E-state index in [-0.39, 0.29) is 0 Å². The maximum atomic E-state index is 9.26. The van der Waals surface area contributed by atoms with Gasteiger partial charge in [-0.1, -0.05) is 6.08 Å². The fourth-order valence-electron chi connectivity index (χ4n) is 1.06. The molecular formula is C8H12O. The van der Waals surface area contributed by atoms with Crippen LogP contribution < -0.4 is 0 Å². The van der Waals surface area contributed by atoms with Gasteiger partial charge in [0, 0.05) is 0 Å². The summed E-state index contributed by atoms with van der Waals surface area (Å²) in [5, 5.41) is 9.26. The molecular weight excluding hydrogens is 112 g/mol. The highest BCUT2D eigenvalue weighted by atomic mass is 16.3. The first-order valence-corrected chi connectivity index (χ1v) is 3.27. The molecule has 0 spiro atoms. The molecule has 0 radical (unpaired) electrons. The third-order valence-corrected chi connectivity index (χ3v) is 1.75. The van der Waals surface area contributed by atoms with Gasteiger partial charge >= 0.3 is 0 Å². The fraction of sp³-hybridized carbons (Fsp3) is 0.500. The van der Waals surface area contributed by atoms with Crippen LogP contribution >= 0.6 is 0 Å². The molecule has 9 heavy (non-hydrogen) atoms. The molecule has 0 heterocycles. The van der Waals surface area contributed by atoms with Crippen LogP contribution in [0.25, 0.3) is 0 Å². The summed E-state index contributed by atoms with van der Waals surface area (Å²) in [6, 6.07) is 0. The summed E-state index contributed by atoms with van der Waals surface area (Å²) in [5.74, 6) is 0.501. The van der Waals surface area contributed by atoms with Crippen LogP contribution in [-0.2, 0) is 0 Å². The van der Waals surface area contributed by atoms with Crippen molar-refractivity contribution in [3.05, 3.63) is 23.0 Å². The number of rotatable bonds is 0. The van der Waals surface area contributed by atoms with E-state index < -0.39 is 0 Å². The third kappa shape index (κ3) is 1.15. The van der Waals surface area contributed by atoms with Crippen molar-refractivity contribution < 1.29 is 5.11 Å². The summed E-state index contributed by atoms with van der Waals surface area (Å²) in [6.07, 6.45) is 4.17. The predicted molar refractivity (Wildman–Crippen MR) is 38.3 cm³/mol. The molecule has 0 unspecified atom stereocenters. The Hall–Kier alpha value is -0.720. The minimum Gasteiger partial charge on any atom is -0.508 e. The first kappa shape index (κ1) is 6.40. The largest absolute Gasteiger partial charge is 0.508 e. The molecule has 50 valence electrons. The van der Waals surface area contributed by atoms with Crippen molar-refractivity contribution >= 4 is 0 Å². The predicted octanol–water partition coefficient (Wildman–Crippen LogP) is 2.56. The summed E-state index contributed by atoms with van der Waals surface area (Å²) >= 11 is 0. The highest BCUT2D eigenvalue weighted by molar-refractivity contribution is 5.30. The zero-order valence-corrected chi connectivity index (χ0v) is 5.94. The maximum absolute atomic E-state index is 9.26. The molecule has 0 saturated carbocycles. The molecule has 0 aromatic carbocycles. The number of aliphatic hydroxyl groups excluding tert-OH is 1. The normalized spacial score (nSPS) is 20.0. The lowest BCUT2D eigenvalue weighted by atomic mass is 10.00. The second-order valence-electron chi connectivity index (χ2n) is 2.55. The first-order chi connectivity index (χ1) is 4.22. The minimum atomic E-state index is 0.501. The number of aliphatic hydroxyl groups is 1. The molecule has 0 aliphatic heterocycles. The molecule has 1 heteroatoms. The first-order valence-electron chi connectivity index (χ1n) is 3.27. The number of hydrogen-bond donors (Lipinski definition) is 1. The van der Waals surface area contributed by atoms with Crippen LogP contribution in [0.3, 0.4) is 0 Å². The fourth-order valence-corrected chi connectivity index (χ4v) is 1.06. The van der Waals surface area contributed by atoms with Crippen molar-refractivity contribution in [3.63, 3.8) is 0 Å². The van der Waals surface area contributed by atoms with Crippen LogP contribution in [0.5, 0.6) is 0 Å². The van der Waals surface area contributed by atoms with Crippen LogP contribution in [0.1, 0.15) is 26.7 Å². The van der Waals surface area contributed by atoms with E-state index in [1.807, 2.05) is 13.8 Å². The zero-order chi connectivity index (χ0) is 6.85. The molecule has 0 atom stereocenters. The van der Waals surface area contributed by atoms with Crippen molar-refractivity contribution in [2.24, 2.45) is 0 Å². The Morgan fingerprint density at radius 2 is 2.11 bits per heavy atom. The molecule has 0 fully saturated rings. The van der Waals surface area contributed by atoms with E-state index in [0.717, 1.165) is 24.0 Å². The summed E-state index contributed by atoms with van der Waals surface area (Å²) in [6.45, 7) is 3.92. The van der Waals surface area contributed by atoms with Gasteiger partial charge in [-0.2, -0.15) is 0 Å². The van der Waals surface area contributed by atoms with Gasteiger partial charge in [-0.25, -0.2) is 0 Å². The molecule has 1 aliphatic carbocycles. The number of hydrogen-bond acceptors (Lipinski definition) is 1. The molecule has 1 aliphatic rings. The van der Waals surface area contributed by atoms with E-state index in [2.05, 4.69) is 6.08 Å². The molecule has 0 aromatic heterocycles. The van der Waals surface area contributed by atoms with Gasteiger partial charge in [-0.05, 0) is 37.8 Å². The average Bonchev–Trinajstić information content (AvgIpc) is 1.83. The van der Waals surface area contributed by atoms with Crippen molar-refractivity contribution in [3.8, 4) is 0 Å². The Morgan fingerprint density at radius 1 is 1.44 bits per heavy atom. The van der Waals surface area contributed by atoms with Gasteiger partial charge in [0.2, 0.25) is 0 Å². The van der Waals surface area contributed by atoms with Crippen molar-refractivity contribution in [2.45, 2.75) is 26.7 Å². The van der Waals surface area contributed by atoms with Crippen LogP contribution in [0, 0.1) is 0 Å². The van der Waals surface area contributed by atoms with E-state index in [1.54, 1.807) is 0 Å². The van der Waals surface area contributed by atoms with Crippen molar-refractivity contribution in [1.29, 1.82) is 0 Å². The molecule has 1 nitrogen and oxygen atoms in total. The Kier molecular flexibility index (Phi) is 1.60. The minimum absolute atomic E-state index is 0.501. The van der Waals surface area contributed by atoms with E-state index in [1.165, 1.54) is 0 Å². The van der Waals surface area contributed by atoms with Crippen LogP contribution in [-0.4, -0.2) is 5.11 Å². The second-order valence-corrected chi connectivity index (χ2v) is 2.55. The summed E-state index contributed by atoms with van der Waals surface area (Å²) < 4.78 is 0. The van der Waals surface area contributed by atoms with Gasteiger partial charge in [0.25, 0.3) is 0 Å². The van der Waals surface area contributed by atoms with Crippen molar-refractivity contribution in [2.75, 3.05) is 0 Å². The van der Waals surface area contributed by atoms with Gasteiger partial charge in [0.1, 0.15) is 5.76 Å². The monoisotopic (exact) mass is 124 g/mol. The zero-order valence-electron chi connectivity index (χ0n) is 5.94. The highest BCUT2D eigenvalue weighted by Gasteiger charge is 2.06. The highest BCUT2D eigenvalue weighted by Crippen LogP contribution is 2.21. The van der Waals surface area contributed by atoms with Gasteiger partial charge in [0.15, 0.2) is 0 Å². The SMILES string of the molecule is CC1=CCCC(C)=C1O. The molecule has 0 saturated heterocycles. The van der Waals surface area contributed by atoms with E-state index in [0.29, 0.717) is 5.76 Å². The molecule has 0 aromatic rings. The summed E-state index contributed by atoms with van der Waals surface area (Å²) in [7, 11) is 0. The lowest BCUT2D eigenvalue weighted by Gasteiger charge is -2.10. The molecule has 1 rings (SSSR count). The van der Waals surface area contributed by atoms with Crippen LogP contribution in [0.2, 0.25) is 0 Å². The quantitative estimate of drug-likeness (QED) is 0.526. The Morgan fingerprint density at radius 3 is 2.56 bits per heavy atom. The van der Waals surface area contributed by atoms with Gasteiger partial charge in [-0.3, -0.25) is 0 Å². The third-order valence-electron chi connectivity index (χ3n) is 1.75. The number of allylic oxidation sites excluding steroid dienone is 3. The van der Waals surface area contributed by atoms with Gasteiger partial charge in [-0.15, -0.1) is 0 Å². The molecule has 0 amide bonds. The molecule has 1 N–H and O–H groups in total. The van der Waals surface area contributed by atoms with Gasteiger partial charge < -0.3 is 5.11 Å².